The van der Waals surface area contributed by atoms with E-state index in [1.54, 1.807) is 6.92 Å². The van der Waals surface area contributed by atoms with Crippen LogP contribution in [-0.4, -0.2) is 35.0 Å². The number of thioether (sulfide) groups is 1. The first-order valence-corrected chi connectivity index (χ1v) is 15.0. The minimum absolute atomic E-state index is 0.0514. The Morgan fingerprint density at radius 2 is 1.66 bits per heavy atom. The third kappa shape index (κ3) is 4.94. The summed E-state index contributed by atoms with van der Waals surface area (Å²) in [5, 5.41) is 0.294. The van der Waals surface area contributed by atoms with E-state index in [2.05, 4.69) is 20.8 Å². The van der Waals surface area contributed by atoms with Crippen LogP contribution < -0.4 is 0 Å². The first-order chi connectivity index (χ1) is 16.5. The Bertz CT molecular complexity index is 828. The Kier molecular flexibility index (Phi) is 8.01. The number of esters is 2. The molecule has 0 aromatic heterocycles. The Hall–Kier alpha value is -1.04. The molecule has 0 N–H and O–H groups in total. The number of fused-ring (bicyclic) bond motifs is 5. The molecule has 5 nitrogen and oxygen atoms in total. The molecule has 198 valence electrons. The quantitative estimate of drug-likeness (QED) is 0.387. The zero-order chi connectivity index (χ0) is 25.5. The lowest BCUT2D eigenvalue weighted by atomic mass is 9.43. The van der Waals surface area contributed by atoms with Crippen LogP contribution >= 0.6 is 11.8 Å². The van der Waals surface area contributed by atoms with Gasteiger partial charge in [0.05, 0.1) is 0 Å². The van der Waals surface area contributed by atoms with Gasteiger partial charge in [-0.2, -0.15) is 0 Å². The topological polar surface area (TPSA) is 69.7 Å². The van der Waals surface area contributed by atoms with Crippen LogP contribution in [0.1, 0.15) is 99.3 Å². The van der Waals surface area contributed by atoms with Gasteiger partial charge in [0.2, 0.25) is 0 Å². The predicted molar refractivity (Wildman–Crippen MR) is 139 cm³/mol. The normalized spacial score (nSPS) is 43.3. The van der Waals surface area contributed by atoms with Gasteiger partial charge < -0.3 is 9.47 Å². The highest BCUT2D eigenvalue weighted by atomic mass is 32.2. The Labute approximate surface area is 216 Å². The van der Waals surface area contributed by atoms with E-state index in [9.17, 15) is 14.4 Å². The third-order valence-corrected chi connectivity index (χ3v) is 11.7. The first-order valence-electron chi connectivity index (χ1n) is 14.0. The minimum atomic E-state index is -0.180. The number of carbonyl (C=O) groups excluding carboxylic acids is 3. The van der Waals surface area contributed by atoms with Crippen LogP contribution in [0, 0.1) is 46.3 Å². The molecule has 0 heterocycles. The van der Waals surface area contributed by atoms with Gasteiger partial charge >= 0.3 is 11.9 Å². The van der Waals surface area contributed by atoms with Crippen molar-refractivity contribution in [2.24, 2.45) is 46.3 Å². The molecule has 4 aliphatic carbocycles. The van der Waals surface area contributed by atoms with Crippen LogP contribution in [-0.2, 0) is 23.9 Å². The minimum Gasteiger partial charge on any atom is -0.463 e. The predicted octanol–water partition coefficient (Wildman–Crippen LogP) is 6.42. The van der Waals surface area contributed by atoms with E-state index in [1.807, 2.05) is 6.92 Å². The van der Waals surface area contributed by atoms with E-state index in [4.69, 9.17) is 9.47 Å². The number of hydrogen-bond donors (Lipinski definition) is 0. The van der Waals surface area contributed by atoms with E-state index in [1.165, 1.54) is 37.9 Å². The zero-order valence-corrected chi connectivity index (χ0v) is 23.5. The van der Waals surface area contributed by atoms with Gasteiger partial charge in [0.15, 0.2) is 5.12 Å². The standard InChI is InChI=1S/C29H46O5S/c1-7-35-27(32)14-17(2)23-10-11-24-22-9-8-20-15-21(33-18(3)30)12-13-28(20,5)25(22)16-26(29(23,24)6)34-19(4)31/h17,20-26H,7-16H2,1-6H3/t17-,20-,21-,22-,23+,24-,25-,26-,28-,29+/m0/s1. The summed E-state index contributed by atoms with van der Waals surface area (Å²) < 4.78 is 11.8. The van der Waals surface area contributed by atoms with Gasteiger partial charge in [0.25, 0.3) is 0 Å². The van der Waals surface area contributed by atoms with Gasteiger partial charge in [0, 0.05) is 25.7 Å². The number of carbonyl (C=O) groups is 3. The third-order valence-electron chi connectivity index (χ3n) is 10.9. The molecule has 0 saturated heterocycles. The molecular formula is C29H46O5S. The molecule has 4 saturated carbocycles. The molecule has 0 spiro atoms. The number of hydrogen-bond acceptors (Lipinski definition) is 6. The molecule has 0 aromatic rings. The fraction of sp³-hybridized carbons (Fsp3) is 0.897. The van der Waals surface area contributed by atoms with E-state index in [0.717, 1.165) is 37.9 Å². The van der Waals surface area contributed by atoms with Gasteiger partial charge in [-0.25, -0.2) is 0 Å². The summed E-state index contributed by atoms with van der Waals surface area (Å²) in [6.07, 6.45) is 9.22. The van der Waals surface area contributed by atoms with Crippen LogP contribution in [0.25, 0.3) is 0 Å². The fourth-order valence-corrected chi connectivity index (χ4v) is 10.2. The summed E-state index contributed by atoms with van der Waals surface area (Å²) in [6.45, 7) is 12.2. The molecule has 4 aliphatic rings. The van der Waals surface area contributed by atoms with Gasteiger partial charge in [0.1, 0.15) is 12.2 Å². The summed E-state index contributed by atoms with van der Waals surface area (Å²) in [4.78, 5) is 36.4. The lowest BCUT2D eigenvalue weighted by Gasteiger charge is -2.62. The highest BCUT2D eigenvalue weighted by Gasteiger charge is 2.65. The highest BCUT2D eigenvalue weighted by molar-refractivity contribution is 8.13. The Morgan fingerprint density at radius 1 is 0.943 bits per heavy atom. The van der Waals surface area contributed by atoms with Crippen molar-refractivity contribution >= 4 is 28.8 Å². The summed E-state index contributed by atoms with van der Waals surface area (Å²) in [7, 11) is 0. The van der Waals surface area contributed by atoms with Crippen molar-refractivity contribution in [2.45, 2.75) is 112 Å². The highest BCUT2D eigenvalue weighted by Crippen LogP contribution is 2.69. The van der Waals surface area contributed by atoms with Crippen molar-refractivity contribution in [2.75, 3.05) is 5.75 Å². The molecule has 0 radical (unpaired) electrons. The second-order valence-corrected chi connectivity index (χ2v) is 13.9. The molecule has 35 heavy (non-hydrogen) atoms. The molecule has 0 bridgehead atoms. The van der Waals surface area contributed by atoms with Crippen LogP contribution in [0.5, 0.6) is 0 Å². The lowest BCUT2D eigenvalue weighted by molar-refractivity contribution is -0.197. The van der Waals surface area contributed by atoms with E-state index in [0.29, 0.717) is 47.0 Å². The average Bonchev–Trinajstić information content (AvgIpc) is 3.12. The molecule has 0 aliphatic heterocycles. The molecule has 6 heteroatoms. The monoisotopic (exact) mass is 506 g/mol. The molecule has 0 amide bonds. The molecule has 0 unspecified atom stereocenters. The summed E-state index contributed by atoms with van der Waals surface area (Å²) >= 11 is 1.44. The fourth-order valence-electron chi connectivity index (χ4n) is 9.46. The van der Waals surface area contributed by atoms with Crippen molar-refractivity contribution in [1.29, 1.82) is 0 Å². The van der Waals surface area contributed by atoms with E-state index in [-0.39, 0.29) is 35.0 Å². The molecule has 10 atom stereocenters. The second kappa shape index (κ2) is 10.4. The smallest absolute Gasteiger partial charge is 0.302 e. The Balaban J connectivity index is 1.59. The van der Waals surface area contributed by atoms with Crippen LogP contribution in [0.15, 0.2) is 0 Å². The van der Waals surface area contributed by atoms with Crippen molar-refractivity contribution in [3.8, 4) is 0 Å². The largest absolute Gasteiger partial charge is 0.463 e. The second-order valence-electron chi connectivity index (χ2n) is 12.5. The molecule has 0 aromatic carbocycles. The van der Waals surface area contributed by atoms with Crippen molar-refractivity contribution < 1.29 is 23.9 Å². The Morgan fingerprint density at radius 3 is 2.31 bits per heavy atom. The van der Waals surface area contributed by atoms with E-state index >= 15 is 0 Å². The van der Waals surface area contributed by atoms with Gasteiger partial charge in [-0.1, -0.05) is 39.5 Å². The summed E-state index contributed by atoms with van der Waals surface area (Å²) in [5.41, 5.74) is 0.137. The van der Waals surface area contributed by atoms with Crippen LogP contribution in [0.2, 0.25) is 0 Å². The molecule has 4 rings (SSSR count). The van der Waals surface area contributed by atoms with Crippen LogP contribution in [0.4, 0.5) is 0 Å². The maximum atomic E-state index is 12.5. The first kappa shape index (κ1) is 27.0. The van der Waals surface area contributed by atoms with Crippen LogP contribution in [0.3, 0.4) is 0 Å². The van der Waals surface area contributed by atoms with Crippen molar-refractivity contribution in [3.05, 3.63) is 0 Å². The van der Waals surface area contributed by atoms with Gasteiger partial charge in [-0.15, -0.1) is 0 Å². The molecule has 4 fully saturated rings. The van der Waals surface area contributed by atoms with Crippen molar-refractivity contribution in [1.82, 2.24) is 0 Å². The van der Waals surface area contributed by atoms with Gasteiger partial charge in [-0.05, 0) is 98.0 Å². The molecular weight excluding hydrogens is 460 g/mol. The van der Waals surface area contributed by atoms with Crippen molar-refractivity contribution in [3.63, 3.8) is 0 Å². The maximum Gasteiger partial charge on any atom is 0.302 e. The SMILES string of the molecule is CCSC(=O)C[C@H](C)[C@H]1CC[C@H]2[C@@H]3CC[C@H]4C[C@@H](OC(C)=O)CC[C@]4(C)[C@H]3C[C@H](OC(C)=O)[C@]12C. The maximum absolute atomic E-state index is 12.5. The number of ether oxygens (including phenoxy) is 2. The zero-order valence-electron chi connectivity index (χ0n) is 22.6. The number of rotatable bonds is 6. The summed E-state index contributed by atoms with van der Waals surface area (Å²) in [5.74, 6) is 3.47. The average molecular weight is 507 g/mol. The summed E-state index contributed by atoms with van der Waals surface area (Å²) in [6, 6.07) is 0. The van der Waals surface area contributed by atoms with E-state index < -0.39 is 0 Å². The van der Waals surface area contributed by atoms with Gasteiger partial charge in [-0.3, -0.25) is 14.4 Å². The lowest BCUT2D eigenvalue weighted by Crippen LogP contribution is -2.59.